The van der Waals surface area contributed by atoms with Crippen LogP contribution >= 0.6 is 0 Å². The molecule has 0 aromatic heterocycles. The Kier molecular flexibility index (Phi) is 10.8. The Morgan fingerprint density at radius 3 is 2.13 bits per heavy atom. The van der Waals surface area contributed by atoms with Crippen molar-refractivity contribution < 1.29 is 18.7 Å². The van der Waals surface area contributed by atoms with Crippen LogP contribution in [-0.4, -0.2) is 25.7 Å². The van der Waals surface area contributed by atoms with Crippen molar-refractivity contribution in [2.45, 2.75) is 58.8 Å². The minimum Gasteiger partial charge on any atom is -0.490 e. The van der Waals surface area contributed by atoms with Gasteiger partial charge in [0.2, 0.25) is 0 Å². The lowest BCUT2D eigenvalue weighted by Gasteiger charge is -2.14. The molecule has 2 rings (SSSR count). The molecule has 5 heteroatoms. The lowest BCUT2D eigenvalue weighted by atomic mass is 10.1. The van der Waals surface area contributed by atoms with Crippen LogP contribution in [0.3, 0.4) is 0 Å². The van der Waals surface area contributed by atoms with Gasteiger partial charge in [-0.1, -0.05) is 51.7 Å². The Balaban J connectivity index is 1.95. The fraction of sp³-hybridized carbons (Fsp3) is 0.480. The number of ether oxygens (including phenoxy) is 2. The number of hydrogen-bond acceptors (Lipinski definition) is 3. The molecule has 30 heavy (non-hydrogen) atoms. The van der Waals surface area contributed by atoms with Gasteiger partial charge in [-0.15, -0.1) is 0 Å². The molecule has 0 spiro atoms. The molecule has 0 aliphatic heterocycles. The summed E-state index contributed by atoms with van der Waals surface area (Å²) in [7, 11) is 0. The number of benzene rings is 2. The highest BCUT2D eigenvalue weighted by atomic mass is 19.1. The summed E-state index contributed by atoms with van der Waals surface area (Å²) < 4.78 is 24.8. The molecule has 164 valence electrons. The first kappa shape index (κ1) is 23.7. The van der Waals surface area contributed by atoms with Crippen molar-refractivity contribution in [2.24, 2.45) is 0 Å². The largest absolute Gasteiger partial charge is 0.490 e. The van der Waals surface area contributed by atoms with E-state index in [0.29, 0.717) is 43.2 Å². The summed E-state index contributed by atoms with van der Waals surface area (Å²) in [6, 6.07) is 11.7. The highest BCUT2D eigenvalue weighted by Crippen LogP contribution is 2.29. The van der Waals surface area contributed by atoms with Crippen LogP contribution in [0.1, 0.15) is 68.3 Å². The normalized spacial score (nSPS) is 10.6. The maximum atomic E-state index is 13.0. The third kappa shape index (κ3) is 8.44. The molecular formula is C25H34FNO3. The van der Waals surface area contributed by atoms with E-state index in [0.717, 1.165) is 44.1 Å². The molecule has 0 heterocycles. The second kappa shape index (κ2) is 13.6. The Labute approximate surface area is 179 Å². The van der Waals surface area contributed by atoms with Gasteiger partial charge in [-0.25, -0.2) is 4.39 Å². The van der Waals surface area contributed by atoms with Crippen LogP contribution in [0.5, 0.6) is 11.5 Å². The Bertz CT molecular complexity index is 761. The zero-order valence-corrected chi connectivity index (χ0v) is 18.2. The van der Waals surface area contributed by atoms with Gasteiger partial charge in [0, 0.05) is 12.1 Å². The van der Waals surface area contributed by atoms with Gasteiger partial charge in [0.1, 0.15) is 5.82 Å². The molecule has 0 atom stereocenters. The predicted octanol–water partition coefficient (Wildman–Crippen LogP) is 5.94. The second-order valence-corrected chi connectivity index (χ2v) is 7.41. The van der Waals surface area contributed by atoms with Crippen molar-refractivity contribution in [3.63, 3.8) is 0 Å². The van der Waals surface area contributed by atoms with Gasteiger partial charge in [0.25, 0.3) is 5.91 Å². The molecule has 0 unspecified atom stereocenters. The van der Waals surface area contributed by atoms with Crippen LogP contribution in [0.25, 0.3) is 0 Å². The average molecular weight is 416 g/mol. The summed E-state index contributed by atoms with van der Waals surface area (Å²) >= 11 is 0. The van der Waals surface area contributed by atoms with Crippen LogP contribution < -0.4 is 14.8 Å². The zero-order valence-electron chi connectivity index (χ0n) is 18.2. The average Bonchev–Trinajstić information content (AvgIpc) is 2.76. The smallest absolute Gasteiger partial charge is 0.251 e. The van der Waals surface area contributed by atoms with Gasteiger partial charge in [-0.3, -0.25) is 4.79 Å². The number of unbranched alkanes of at least 4 members (excludes halogenated alkanes) is 4. The number of rotatable bonds is 14. The SMILES string of the molecule is CCCCCOc1ccc(C(=O)NCCc2ccc(F)cc2)cc1OCCCCC. The minimum atomic E-state index is -0.258. The molecule has 0 saturated heterocycles. The highest BCUT2D eigenvalue weighted by molar-refractivity contribution is 5.94. The van der Waals surface area contributed by atoms with Crippen LogP contribution in [0, 0.1) is 5.82 Å². The van der Waals surface area contributed by atoms with Crippen molar-refractivity contribution in [1.82, 2.24) is 5.32 Å². The van der Waals surface area contributed by atoms with E-state index >= 15 is 0 Å². The molecule has 0 bridgehead atoms. The first-order valence-corrected chi connectivity index (χ1v) is 11.1. The number of carbonyl (C=O) groups is 1. The molecule has 4 nitrogen and oxygen atoms in total. The first-order chi connectivity index (χ1) is 14.6. The highest BCUT2D eigenvalue weighted by Gasteiger charge is 2.12. The lowest BCUT2D eigenvalue weighted by molar-refractivity contribution is 0.0953. The van der Waals surface area contributed by atoms with E-state index in [1.807, 2.05) is 6.07 Å². The van der Waals surface area contributed by atoms with E-state index in [-0.39, 0.29) is 11.7 Å². The Morgan fingerprint density at radius 1 is 0.867 bits per heavy atom. The van der Waals surface area contributed by atoms with Crippen molar-refractivity contribution in [3.05, 3.63) is 59.4 Å². The number of carbonyl (C=O) groups excluding carboxylic acids is 1. The second-order valence-electron chi connectivity index (χ2n) is 7.41. The molecule has 0 fully saturated rings. The molecular weight excluding hydrogens is 381 g/mol. The molecule has 0 aliphatic rings. The van der Waals surface area contributed by atoms with Crippen molar-refractivity contribution in [1.29, 1.82) is 0 Å². The summed E-state index contributed by atoms with van der Waals surface area (Å²) in [6.45, 7) is 6.04. The maximum absolute atomic E-state index is 13.0. The van der Waals surface area contributed by atoms with Crippen LogP contribution in [0.2, 0.25) is 0 Å². The fourth-order valence-electron chi connectivity index (χ4n) is 3.02. The van der Waals surface area contributed by atoms with Gasteiger partial charge in [0.15, 0.2) is 11.5 Å². The summed E-state index contributed by atoms with van der Waals surface area (Å²) in [6.07, 6.45) is 7.11. The van der Waals surface area contributed by atoms with Crippen LogP contribution in [-0.2, 0) is 6.42 Å². The summed E-state index contributed by atoms with van der Waals surface area (Å²) in [4.78, 5) is 12.6. The number of halogens is 1. The number of amides is 1. The standard InChI is InChI=1S/C25H34FNO3/c1-3-5-7-17-29-23-14-11-21(19-24(23)30-18-8-6-4-2)25(28)27-16-15-20-9-12-22(26)13-10-20/h9-14,19H,3-8,15-18H2,1-2H3,(H,27,28). The van der Waals surface area contributed by atoms with Gasteiger partial charge in [-0.2, -0.15) is 0 Å². The monoisotopic (exact) mass is 415 g/mol. The van der Waals surface area contributed by atoms with Gasteiger partial charge in [0.05, 0.1) is 13.2 Å². The van der Waals surface area contributed by atoms with Crippen molar-refractivity contribution in [3.8, 4) is 11.5 Å². The van der Waals surface area contributed by atoms with Gasteiger partial charge < -0.3 is 14.8 Å². The minimum absolute atomic E-state index is 0.159. The third-order valence-corrected chi connectivity index (χ3v) is 4.83. The molecule has 2 aromatic rings. The predicted molar refractivity (Wildman–Crippen MR) is 119 cm³/mol. The van der Waals surface area contributed by atoms with Crippen molar-refractivity contribution >= 4 is 5.91 Å². The van der Waals surface area contributed by atoms with E-state index in [1.54, 1.807) is 24.3 Å². The maximum Gasteiger partial charge on any atom is 0.251 e. The quantitative estimate of drug-likeness (QED) is 0.389. The Morgan fingerprint density at radius 2 is 1.50 bits per heavy atom. The molecule has 0 saturated carbocycles. The first-order valence-electron chi connectivity index (χ1n) is 11.1. The van der Waals surface area contributed by atoms with Crippen LogP contribution in [0.15, 0.2) is 42.5 Å². The number of hydrogen-bond donors (Lipinski definition) is 1. The lowest BCUT2D eigenvalue weighted by Crippen LogP contribution is -2.25. The third-order valence-electron chi connectivity index (χ3n) is 4.83. The van der Waals surface area contributed by atoms with Crippen LogP contribution in [0.4, 0.5) is 4.39 Å². The Hall–Kier alpha value is -2.56. The van der Waals surface area contributed by atoms with E-state index in [4.69, 9.17) is 9.47 Å². The molecule has 0 aliphatic carbocycles. The molecule has 0 radical (unpaired) electrons. The number of nitrogens with one attached hydrogen (secondary N) is 1. The van der Waals surface area contributed by atoms with Gasteiger partial charge >= 0.3 is 0 Å². The van der Waals surface area contributed by atoms with E-state index in [9.17, 15) is 9.18 Å². The van der Waals surface area contributed by atoms with Crippen molar-refractivity contribution in [2.75, 3.05) is 19.8 Å². The summed E-state index contributed by atoms with van der Waals surface area (Å²) in [5.41, 5.74) is 1.52. The van der Waals surface area contributed by atoms with E-state index in [1.165, 1.54) is 12.1 Å². The van der Waals surface area contributed by atoms with E-state index < -0.39 is 0 Å². The topological polar surface area (TPSA) is 47.6 Å². The van der Waals surface area contributed by atoms with E-state index in [2.05, 4.69) is 19.2 Å². The summed E-state index contributed by atoms with van der Waals surface area (Å²) in [5, 5.41) is 2.92. The molecule has 1 N–H and O–H groups in total. The van der Waals surface area contributed by atoms with Gasteiger partial charge in [-0.05, 0) is 55.2 Å². The molecule has 1 amide bonds. The zero-order chi connectivity index (χ0) is 21.6. The summed E-state index contributed by atoms with van der Waals surface area (Å²) in [5.74, 6) is 0.888. The fourth-order valence-corrected chi connectivity index (χ4v) is 3.02. The molecule has 2 aromatic carbocycles.